The predicted molar refractivity (Wildman–Crippen MR) is 110 cm³/mol. The molecule has 29 heavy (non-hydrogen) atoms. The zero-order chi connectivity index (χ0) is 20.2. The summed E-state index contributed by atoms with van der Waals surface area (Å²) in [6.07, 6.45) is 2.31. The van der Waals surface area contributed by atoms with Crippen LogP contribution in [0.2, 0.25) is 0 Å². The van der Waals surface area contributed by atoms with Gasteiger partial charge >= 0.3 is 6.03 Å². The van der Waals surface area contributed by atoms with Crippen LogP contribution in [0, 0.1) is 5.92 Å². The maximum atomic E-state index is 12.6. The zero-order valence-electron chi connectivity index (χ0n) is 16.3. The first-order valence-electron chi connectivity index (χ1n) is 9.84. The van der Waals surface area contributed by atoms with Gasteiger partial charge in [-0.3, -0.25) is 10.00 Å². The van der Waals surface area contributed by atoms with E-state index in [-0.39, 0.29) is 24.6 Å². The Labute approximate surface area is 168 Å². The number of urea groups is 1. The number of amides is 2. The average molecular weight is 395 g/mol. The van der Waals surface area contributed by atoms with E-state index in [1.165, 1.54) is 0 Å². The van der Waals surface area contributed by atoms with Crippen LogP contribution >= 0.6 is 0 Å². The van der Waals surface area contributed by atoms with E-state index in [9.17, 15) is 9.90 Å². The number of aliphatic hydroxyl groups is 1. The molecule has 1 aliphatic heterocycles. The van der Waals surface area contributed by atoms with Crippen molar-refractivity contribution in [2.45, 2.75) is 25.9 Å². The minimum absolute atomic E-state index is 0.0105. The zero-order valence-corrected chi connectivity index (χ0v) is 16.3. The highest BCUT2D eigenvalue weighted by molar-refractivity contribution is 5.92. The molecule has 0 spiro atoms. The molecular formula is C21H25N5O3. The average Bonchev–Trinajstić information content (AvgIpc) is 3.15. The number of carbonyl (C=O) groups excluding carboxylic acids is 1. The Balaban J connectivity index is 1.70. The molecular weight excluding hydrogens is 370 g/mol. The van der Waals surface area contributed by atoms with Crippen molar-refractivity contribution in [3.05, 3.63) is 53.9 Å². The molecule has 1 aromatic carbocycles. The van der Waals surface area contributed by atoms with Crippen LogP contribution in [-0.2, 0) is 17.7 Å². The molecule has 4 rings (SSSR count). The molecule has 0 radical (unpaired) electrons. The van der Waals surface area contributed by atoms with Gasteiger partial charge in [-0.15, -0.1) is 0 Å². The van der Waals surface area contributed by atoms with Crippen molar-refractivity contribution in [1.82, 2.24) is 20.1 Å². The normalized spacial score (nSPS) is 20.4. The summed E-state index contributed by atoms with van der Waals surface area (Å²) in [5, 5.41) is 21.0. The number of pyridine rings is 1. The first-order chi connectivity index (χ1) is 14.2. The molecule has 0 fully saturated rings. The Morgan fingerprint density at radius 2 is 2.10 bits per heavy atom. The molecule has 2 bridgehead atoms. The minimum Gasteiger partial charge on any atom is -0.396 e. The Hall–Kier alpha value is -2.97. The van der Waals surface area contributed by atoms with Crippen molar-refractivity contribution in [2.75, 3.05) is 25.1 Å². The van der Waals surface area contributed by atoms with Crippen molar-refractivity contribution in [3.8, 4) is 0 Å². The van der Waals surface area contributed by atoms with Gasteiger partial charge in [0, 0.05) is 24.5 Å². The van der Waals surface area contributed by atoms with E-state index >= 15 is 0 Å². The van der Waals surface area contributed by atoms with E-state index in [2.05, 4.69) is 20.7 Å². The molecule has 2 aromatic heterocycles. The van der Waals surface area contributed by atoms with E-state index < -0.39 is 0 Å². The third kappa shape index (κ3) is 4.23. The molecule has 1 aliphatic rings. The smallest absolute Gasteiger partial charge is 0.320 e. The molecule has 8 nitrogen and oxygen atoms in total. The van der Waals surface area contributed by atoms with Gasteiger partial charge in [0.05, 0.1) is 36.7 Å². The van der Waals surface area contributed by atoms with Gasteiger partial charge in [0.25, 0.3) is 0 Å². The fourth-order valence-electron chi connectivity index (χ4n) is 3.66. The molecule has 3 aromatic rings. The Kier molecular flexibility index (Phi) is 5.73. The summed E-state index contributed by atoms with van der Waals surface area (Å²) >= 11 is 0. The maximum absolute atomic E-state index is 12.6. The Morgan fingerprint density at radius 3 is 2.86 bits per heavy atom. The lowest BCUT2D eigenvalue weighted by atomic mass is 10.0. The minimum atomic E-state index is -0.345. The van der Waals surface area contributed by atoms with Gasteiger partial charge in [0.1, 0.15) is 5.82 Å². The summed E-state index contributed by atoms with van der Waals surface area (Å²) < 4.78 is 7.78. The lowest BCUT2D eigenvalue weighted by Gasteiger charge is -2.23. The Bertz CT molecular complexity index is 989. The van der Waals surface area contributed by atoms with Gasteiger partial charge in [-0.25, -0.2) is 9.78 Å². The number of hydrogen-bond donors (Lipinski definition) is 3. The third-order valence-corrected chi connectivity index (χ3v) is 5.12. The largest absolute Gasteiger partial charge is 0.396 e. The molecule has 3 N–H and O–H groups in total. The number of rotatable bonds is 3. The number of nitrogens with zero attached hydrogens (tertiary/aromatic N) is 3. The molecule has 2 atom stereocenters. The number of aromatic nitrogens is 3. The van der Waals surface area contributed by atoms with Gasteiger partial charge in [-0.05, 0) is 25.0 Å². The second-order valence-corrected chi connectivity index (χ2v) is 7.20. The fraction of sp³-hybridized carbons (Fsp3) is 0.381. The quantitative estimate of drug-likeness (QED) is 0.633. The molecule has 3 heterocycles. The van der Waals surface area contributed by atoms with Crippen LogP contribution in [0.15, 0.2) is 42.6 Å². The molecule has 152 valence electrons. The molecule has 0 aliphatic carbocycles. The van der Waals surface area contributed by atoms with Gasteiger partial charge in [0.15, 0.2) is 0 Å². The van der Waals surface area contributed by atoms with E-state index in [1.54, 1.807) is 6.20 Å². The van der Waals surface area contributed by atoms with Crippen molar-refractivity contribution in [3.63, 3.8) is 0 Å². The van der Waals surface area contributed by atoms with Gasteiger partial charge < -0.3 is 15.2 Å². The highest BCUT2D eigenvalue weighted by Crippen LogP contribution is 2.24. The second-order valence-electron chi connectivity index (χ2n) is 7.20. The van der Waals surface area contributed by atoms with Gasteiger partial charge in [-0.2, -0.15) is 5.10 Å². The van der Waals surface area contributed by atoms with E-state index in [4.69, 9.17) is 4.74 Å². The SMILES string of the molecule is CCn1ncc2cc3nc(c21)CC(CO)COC[C@H](c1ccccc1)NC(=O)N3. The van der Waals surface area contributed by atoms with Crippen molar-refractivity contribution >= 4 is 22.8 Å². The summed E-state index contributed by atoms with van der Waals surface area (Å²) in [5.74, 6) is 0.360. The molecule has 8 heteroatoms. The van der Waals surface area contributed by atoms with Crippen molar-refractivity contribution in [2.24, 2.45) is 5.92 Å². The maximum Gasteiger partial charge on any atom is 0.320 e. The standard InChI is InChI=1S/C21H25N5O3/c1-2-26-20-16(10-22-26)9-19-23-17(20)8-14(11-27)12-29-13-18(24-21(28)25-19)15-6-4-3-5-7-15/h3-7,9-10,14,18,27H,2,8,11-13H2,1H3,(H2,23,24,25,28)/t14?,18-/m1/s1. The van der Waals surface area contributed by atoms with Gasteiger partial charge in [-0.1, -0.05) is 30.3 Å². The number of fused-ring (bicyclic) bond motifs is 4. The molecule has 0 saturated heterocycles. The summed E-state index contributed by atoms with van der Waals surface area (Å²) in [6.45, 7) is 3.41. The lowest BCUT2D eigenvalue weighted by molar-refractivity contribution is 0.0608. The number of anilines is 1. The van der Waals surface area contributed by atoms with Crippen LogP contribution in [-0.4, -0.2) is 45.7 Å². The summed E-state index contributed by atoms with van der Waals surface area (Å²) in [5.41, 5.74) is 2.67. The number of aryl methyl sites for hydroxylation is 1. The summed E-state index contributed by atoms with van der Waals surface area (Å²) in [4.78, 5) is 17.3. The van der Waals surface area contributed by atoms with Crippen LogP contribution < -0.4 is 10.6 Å². The Morgan fingerprint density at radius 1 is 1.28 bits per heavy atom. The first kappa shape index (κ1) is 19.4. The van der Waals surface area contributed by atoms with E-state index in [0.29, 0.717) is 32.0 Å². The van der Waals surface area contributed by atoms with Gasteiger partial charge in [0.2, 0.25) is 0 Å². The van der Waals surface area contributed by atoms with Crippen molar-refractivity contribution in [1.29, 1.82) is 0 Å². The predicted octanol–water partition coefficient (Wildman–Crippen LogP) is 2.50. The van der Waals surface area contributed by atoms with Crippen LogP contribution in [0.3, 0.4) is 0 Å². The summed E-state index contributed by atoms with van der Waals surface area (Å²) in [6, 6.07) is 10.9. The number of nitrogens with one attached hydrogen (secondary N) is 2. The number of ether oxygens (including phenoxy) is 1. The molecule has 2 amide bonds. The lowest BCUT2D eigenvalue weighted by Crippen LogP contribution is -2.36. The van der Waals surface area contributed by atoms with Crippen LogP contribution in [0.4, 0.5) is 10.6 Å². The van der Waals surface area contributed by atoms with Crippen LogP contribution in [0.5, 0.6) is 0 Å². The number of hydrogen-bond acceptors (Lipinski definition) is 5. The third-order valence-electron chi connectivity index (χ3n) is 5.12. The monoisotopic (exact) mass is 395 g/mol. The highest BCUT2D eigenvalue weighted by Gasteiger charge is 2.21. The fourth-order valence-corrected chi connectivity index (χ4v) is 3.66. The van der Waals surface area contributed by atoms with E-state index in [0.717, 1.165) is 22.2 Å². The number of carbonyl (C=O) groups is 1. The second kappa shape index (κ2) is 8.59. The van der Waals surface area contributed by atoms with Crippen LogP contribution in [0.25, 0.3) is 10.9 Å². The topological polar surface area (TPSA) is 101 Å². The summed E-state index contributed by atoms with van der Waals surface area (Å²) in [7, 11) is 0. The highest BCUT2D eigenvalue weighted by atomic mass is 16.5. The van der Waals surface area contributed by atoms with Crippen molar-refractivity contribution < 1.29 is 14.6 Å². The number of aliphatic hydroxyl groups excluding tert-OH is 1. The first-order valence-corrected chi connectivity index (χ1v) is 9.84. The van der Waals surface area contributed by atoms with E-state index in [1.807, 2.05) is 48.0 Å². The molecule has 0 saturated carbocycles. The van der Waals surface area contributed by atoms with Crippen LogP contribution in [0.1, 0.15) is 24.2 Å². The number of benzene rings is 1. The molecule has 1 unspecified atom stereocenters.